The Labute approximate surface area is 159 Å². The highest BCUT2D eigenvalue weighted by Crippen LogP contribution is 2.17. The lowest BCUT2D eigenvalue weighted by Crippen LogP contribution is -2.36. The van der Waals surface area contributed by atoms with E-state index in [-0.39, 0.29) is 0 Å². The van der Waals surface area contributed by atoms with Gasteiger partial charge in [0, 0.05) is 26.3 Å². The number of rotatable bonds is 7. The van der Waals surface area contributed by atoms with Crippen LogP contribution in [0.15, 0.2) is 70.3 Å². The van der Waals surface area contributed by atoms with Gasteiger partial charge in [0.1, 0.15) is 6.26 Å². The second-order valence-corrected chi connectivity index (χ2v) is 6.04. The minimum absolute atomic E-state index is 0.528. The summed E-state index contributed by atoms with van der Waals surface area (Å²) < 4.78 is 10.7. The first-order valence-corrected chi connectivity index (χ1v) is 8.79. The molecule has 6 nitrogen and oxygen atoms in total. The lowest BCUT2D eigenvalue weighted by molar-refractivity contribution is 0.185. The lowest BCUT2D eigenvalue weighted by atomic mass is 10.1. The average Bonchev–Trinajstić information content (AvgIpc) is 3.18. The molecule has 0 amide bonds. The van der Waals surface area contributed by atoms with E-state index in [0.717, 1.165) is 16.8 Å². The molecule has 3 aromatic rings. The van der Waals surface area contributed by atoms with Crippen LogP contribution in [0.4, 0.5) is 0 Å². The molecule has 0 saturated carbocycles. The van der Waals surface area contributed by atoms with Crippen molar-refractivity contribution in [3.63, 3.8) is 0 Å². The Morgan fingerprint density at radius 2 is 1.81 bits per heavy atom. The molecule has 0 atom stereocenters. The van der Waals surface area contributed by atoms with Gasteiger partial charge in [-0.2, -0.15) is 0 Å². The van der Waals surface area contributed by atoms with Gasteiger partial charge in [0.05, 0.1) is 18.8 Å². The number of hydrogen-bond acceptors (Lipinski definition) is 4. The van der Waals surface area contributed by atoms with Gasteiger partial charge in [-0.15, -0.1) is 0 Å². The maximum atomic E-state index is 5.56. The van der Waals surface area contributed by atoms with Crippen molar-refractivity contribution in [1.29, 1.82) is 0 Å². The highest BCUT2D eigenvalue weighted by molar-refractivity contribution is 5.79. The maximum absolute atomic E-state index is 5.56. The Morgan fingerprint density at radius 1 is 1.04 bits per heavy atom. The van der Waals surface area contributed by atoms with Crippen molar-refractivity contribution < 1.29 is 9.15 Å². The number of benzene rings is 2. The zero-order chi connectivity index (χ0) is 18.9. The number of aliphatic imine (C=N–C) groups is 1. The number of methoxy groups -OCH3 is 1. The van der Waals surface area contributed by atoms with E-state index in [4.69, 9.17) is 9.15 Å². The Balaban J connectivity index is 1.52. The normalized spacial score (nSPS) is 11.4. The molecular formula is C21H24N4O2. The van der Waals surface area contributed by atoms with Gasteiger partial charge in [0.15, 0.2) is 5.96 Å². The monoisotopic (exact) mass is 364 g/mol. The van der Waals surface area contributed by atoms with Crippen LogP contribution >= 0.6 is 0 Å². The van der Waals surface area contributed by atoms with Crippen LogP contribution in [0.25, 0.3) is 11.5 Å². The van der Waals surface area contributed by atoms with Crippen molar-refractivity contribution >= 4 is 5.96 Å². The van der Waals surface area contributed by atoms with Crippen LogP contribution in [0.1, 0.15) is 16.8 Å². The van der Waals surface area contributed by atoms with Gasteiger partial charge in [-0.1, -0.05) is 42.5 Å². The summed E-state index contributed by atoms with van der Waals surface area (Å²) in [4.78, 5) is 8.76. The minimum Gasteiger partial charge on any atom is -0.444 e. The number of nitrogens with zero attached hydrogens (tertiary/aromatic N) is 2. The highest BCUT2D eigenvalue weighted by atomic mass is 16.5. The van der Waals surface area contributed by atoms with Gasteiger partial charge in [-0.3, -0.25) is 4.99 Å². The Hall–Kier alpha value is -3.12. The van der Waals surface area contributed by atoms with Crippen LogP contribution in [-0.4, -0.2) is 25.1 Å². The van der Waals surface area contributed by atoms with E-state index in [9.17, 15) is 0 Å². The fourth-order valence-corrected chi connectivity index (χ4v) is 2.68. The fraction of sp³-hybridized carbons (Fsp3) is 0.238. The van der Waals surface area contributed by atoms with Crippen molar-refractivity contribution in [3.8, 4) is 11.5 Å². The number of oxazole rings is 1. The SMILES string of the molecule is CN=C(NCc1cccc(COC)c1)NCc1coc(-c2ccccc2)n1. The Bertz CT molecular complexity index is 875. The van der Waals surface area contributed by atoms with Crippen molar-refractivity contribution in [2.75, 3.05) is 14.2 Å². The molecule has 2 N–H and O–H groups in total. The van der Waals surface area contributed by atoms with Gasteiger partial charge in [-0.05, 0) is 23.3 Å². The molecule has 3 rings (SSSR count). The molecule has 0 saturated heterocycles. The summed E-state index contributed by atoms with van der Waals surface area (Å²) in [5.74, 6) is 1.32. The number of aromatic nitrogens is 1. The molecule has 0 bridgehead atoms. The first-order chi connectivity index (χ1) is 13.3. The summed E-state index contributed by atoms with van der Waals surface area (Å²) in [6, 6.07) is 18.1. The van der Waals surface area contributed by atoms with Crippen molar-refractivity contribution in [1.82, 2.24) is 15.6 Å². The average molecular weight is 364 g/mol. The lowest BCUT2D eigenvalue weighted by Gasteiger charge is -2.11. The molecule has 27 heavy (non-hydrogen) atoms. The molecule has 1 aromatic heterocycles. The first kappa shape index (κ1) is 18.7. The second-order valence-electron chi connectivity index (χ2n) is 6.04. The van der Waals surface area contributed by atoms with E-state index >= 15 is 0 Å². The Kier molecular flexibility index (Phi) is 6.60. The van der Waals surface area contributed by atoms with Crippen LogP contribution < -0.4 is 10.6 Å². The molecule has 2 aromatic carbocycles. The summed E-state index contributed by atoms with van der Waals surface area (Å²) in [7, 11) is 3.44. The van der Waals surface area contributed by atoms with Crippen LogP contribution in [0.2, 0.25) is 0 Å². The molecule has 0 fully saturated rings. The molecule has 140 valence electrons. The third kappa shape index (κ3) is 5.43. The van der Waals surface area contributed by atoms with E-state index < -0.39 is 0 Å². The van der Waals surface area contributed by atoms with E-state index in [0.29, 0.717) is 31.5 Å². The number of hydrogen-bond donors (Lipinski definition) is 2. The minimum atomic E-state index is 0.528. The molecule has 6 heteroatoms. The summed E-state index contributed by atoms with van der Waals surface area (Å²) in [6.07, 6.45) is 1.66. The number of guanidine groups is 1. The molecule has 0 aliphatic carbocycles. The second kappa shape index (κ2) is 9.54. The maximum Gasteiger partial charge on any atom is 0.226 e. The van der Waals surface area contributed by atoms with Gasteiger partial charge in [0.2, 0.25) is 5.89 Å². The van der Waals surface area contributed by atoms with Crippen molar-refractivity contribution in [2.24, 2.45) is 4.99 Å². The topological polar surface area (TPSA) is 71.7 Å². The van der Waals surface area contributed by atoms with E-state index in [1.807, 2.05) is 36.4 Å². The van der Waals surface area contributed by atoms with Crippen LogP contribution in [0, 0.1) is 0 Å². The van der Waals surface area contributed by atoms with E-state index in [1.54, 1.807) is 20.4 Å². The third-order valence-corrected chi connectivity index (χ3v) is 4.00. The zero-order valence-corrected chi connectivity index (χ0v) is 15.6. The number of ether oxygens (including phenoxy) is 1. The quantitative estimate of drug-likeness (QED) is 0.497. The zero-order valence-electron chi connectivity index (χ0n) is 15.6. The summed E-state index contributed by atoms with van der Waals surface area (Å²) in [5, 5.41) is 6.56. The Morgan fingerprint density at radius 3 is 2.59 bits per heavy atom. The third-order valence-electron chi connectivity index (χ3n) is 4.00. The first-order valence-electron chi connectivity index (χ1n) is 8.79. The summed E-state index contributed by atoms with van der Waals surface area (Å²) in [6.45, 7) is 1.81. The predicted molar refractivity (Wildman–Crippen MR) is 106 cm³/mol. The van der Waals surface area contributed by atoms with Crippen LogP contribution in [0.5, 0.6) is 0 Å². The molecule has 0 radical (unpaired) electrons. The largest absolute Gasteiger partial charge is 0.444 e. The fourth-order valence-electron chi connectivity index (χ4n) is 2.68. The van der Waals surface area contributed by atoms with Crippen molar-refractivity contribution in [3.05, 3.63) is 77.7 Å². The smallest absolute Gasteiger partial charge is 0.226 e. The highest BCUT2D eigenvalue weighted by Gasteiger charge is 2.07. The number of nitrogens with one attached hydrogen (secondary N) is 2. The van der Waals surface area contributed by atoms with Crippen LogP contribution in [0.3, 0.4) is 0 Å². The van der Waals surface area contributed by atoms with Gasteiger partial charge < -0.3 is 19.8 Å². The predicted octanol–water partition coefficient (Wildman–Crippen LogP) is 3.35. The van der Waals surface area contributed by atoms with Crippen LogP contribution in [-0.2, 0) is 24.4 Å². The van der Waals surface area contributed by atoms with E-state index in [1.165, 1.54) is 5.56 Å². The summed E-state index contributed by atoms with van der Waals surface area (Å²) in [5.41, 5.74) is 4.09. The van der Waals surface area contributed by atoms with Gasteiger partial charge >= 0.3 is 0 Å². The van der Waals surface area contributed by atoms with Gasteiger partial charge in [-0.25, -0.2) is 4.98 Å². The van der Waals surface area contributed by atoms with E-state index in [2.05, 4.69) is 38.8 Å². The summed E-state index contributed by atoms with van der Waals surface area (Å²) >= 11 is 0. The molecule has 0 unspecified atom stereocenters. The molecular weight excluding hydrogens is 340 g/mol. The molecule has 1 heterocycles. The molecule has 0 aliphatic rings. The molecule has 0 spiro atoms. The molecule has 0 aliphatic heterocycles. The van der Waals surface area contributed by atoms with Crippen molar-refractivity contribution in [2.45, 2.75) is 19.7 Å². The standard InChI is InChI=1S/C21H24N4O2/c1-22-21(23-12-16-7-6-8-17(11-16)14-26-2)24-13-19-15-27-20(25-19)18-9-4-3-5-10-18/h3-11,15H,12-14H2,1-2H3,(H2,22,23,24). The van der Waals surface area contributed by atoms with Gasteiger partial charge in [0.25, 0.3) is 0 Å².